The van der Waals surface area contributed by atoms with Gasteiger partial charge in [-0.2, -0.15) is 8.42 Å². The van der Waals surface area contributed by atoms with E-state index in [0.29, 0.717) is 18.9 Å². The van der Waals surface area contributed by atoms with E-state index in [1.165, 1.54) is 13.0 Å². The van der Waals surface area contributed by atoms with Crippen LogP contribution in [0.25, 0.3) is 0 Å². The van der Waals surface area contributed by atoms with Crippen molar-refractivity contribution in [2.24, 2.45) is 0 Å². The molecule has 0 aromatic carbocycles. The number of nitro groups is 1. The molecule has 51 heavy (non-hydrogen) atoms. The zero-order chi connectivity index (χ0) is 39.3. The lowest BCUT2D eigenvalue weighted by atomic mass is 10.0. The van der Waals surface area contributed by atoms with Gasteiger partial charge < -0.3 is 30.0 Å². The number of halogens is 2. The van der Waals surface area contributed by atoms with Crippen molar-refractivity contribution in [2.45, 2.75) is 78.0 Å². The lowest BCUT2D eigenvalue weighted by Crippen LogP contribution is -2.47. The third kappa shape index (κ3) is 16.8. The van der Waals surface area contributed by atoms with Crippen molar-refractivity contribution in [1.82, 2.24) is 20.2 Å². The van der Waals surface area contributed by atoms with Crippen molar-refractivity contribution in [3.63, 3.8) is 0 Å². The zero-order valence-corrected chi connectivity index (χ0v) is 30.3. The van der Waals surface area contributed by atoms with Crippen molar-refractivity contribution in [2.75, 3.05) is 50.1 Å². The number of ether oxygens (including phenoxy) is 1. The van der Waals surface area contributed by atoms with Gasteiger partial charge in [-0.25, -0.2) is 23.5 Å². The molecule has 0 saturated carbocycles. The van der Waals surface area contributed by atoms with Gasteiger partial charge in [0.25, 0.3) is 10.8 Å². The van der Waals surface area contributed by atoms with Crippen LogP contribution in [-0.4, -0.2) is 112 Å². The Morgan fingerprint density at radius 1 is 0.961 bits per heavy atom. The largest absolute Gasteiger partial charge is 0.444 e. The summed E-state index contributed by atoms with van der Waals surface area (Å²) in [5, 5.41) is 27.6. The van der Waals surface area contributed by atoms with E-state index in [4.69, 9.17) is 37.6 Å². The number of likely N-dealkylation sites (tertiary alicyclic amines) is 1. The van der Waals surface area contributed by atoms with Crippen LogP contribution in [0.5, 0.6) is 0 Å². The molecule has 288 valence electrons. The van der Waals surface area contributed by atoms with E-state index in [0.717, 1.165) is 50.5 Å². The van der Waals surface area contributed by atoms with Gasteiger partial charge in [-0.05, 0) is 85.5 Å². The summed E-state index contributed by atoms with van der Waals surface area (Å²) in [6, 6.07) is 4.44. The number of hydrogen-bond donors (Lipinski definition) is 4. The van der Waals surface area contributed by atoms with Crippen LogP contribution >= 0.6 is 0 Å². The van der Waals surface area contributed by atoms with E-state index in [1.54, 1.807) is 22.9 Å². The summed E-state index contributed by atoms with van der Waals surface area (Å²) < 4.78 is 64.9. The number of carbonyl (C=O) groups excluding carboxylic acids is 1. The number of amides is 1. The molecule has 0 spiro atoms. The summed E-state index contributed by atoms with van der Waals surface area (Å²) in [6.07, 6.45) is 3.08. The van der Waals surface area contributed by atoms with Crippen molar-refractivity contribution < 1.29 is 51.1 Å². The van der Waals surface area contributed by atoms with E-state index < -0.39 is 31.8 Å². The molecule has 1 amide bonds. The van der Waals surface area contributed by atoms with Crippen LogP contribution in [-0.2, 0) is 15.1 Å². The van der Waals surface area contributed by atoms with Crippen LogP contribution in [0.15, 0.2) is 18.2 Å². The average Bonchev–Trinajstić information content (AvgIpc) is 3.01. The highest BCUT2D eigenvalue weighted by molar-refractivity contribution is 7.79. The van der Waals surface area contributed by atoms with E-state index in [9.17, 15) is 23.7 Å². The van der Waals surface area contributed by atoms with Gasteiger partial charge in [0.05, 0.1) is 11.0 Å². The molecular weight excluding hydrogens is 706 g/mol. The molecule has 2 saturated heterocycles. The minimum atomic E-state index is -4.67. The Balaban J connectivity index is 0.000000416. The second-order valence-corrected chi connectivity index (χ2v) is 13.4. The number of pyridine rings is 2. The van der Waals surface area contributed by atoms with Crippen molar-refractivity contribution in [3.8, 4) is 0 Å². The summed E-state index contributed by atoms with van der Waals surface area (Å²) in [5.41, 5.74) is 0.265. The Hall–Kier alpha value is -4.54. The molecule has 0 bridgehead atoms. The summed E-state index contributed by atoms with van der Waals surface area (Å²) in [4.78, 5) is 44.3. The number of rotatable bonds is 5. The standard InChI is InChI=1S/C17H26FN3O2.C12H17FN4O2.HNO3.H2O4S/c1-12-6-7-14(18)15(19-12)20(5)13-8-10-21(11-9-13)16(22)23-17(2,3)4;1-8-11(17(18)19)7-10(13)12(15-8)16(2)9-3-5-14-6-4-9;2-1(3)4;1-5(2,3)4/h6-7,13H,8-11H2,1-5H3;7,9,14H,3-6H2,1-2H3;(H,2,3,4);(H2,1,2,3,4). The lowest BCUT2D eigenvalue weighted by molar-refractivity contribution is -0.742. The maximum Gasteiger partial charge on any atom is 0.410 e. The molecule has 22 heteroatoms. The number of hydrogen-bond acceptors (Lipinski definition) is 13. The molecule has 4 N–H and O–H groups in total. The molecule has 2 aromatic rings. The van der Waals surface area contributed by atoms with E-state index in [2.05, 4.69) is 15.3 Å². The monoisotopic (exact) mass is 752 g/mol. The summed E-state index contributed by atoms with van der Waals surface area (Å²) in [7, 11) is -1.02. The van der Waals surface area contributed by atoms with Gasteiger partial charge in [0, 0.05) is 45.0 Å². The maximum atomic E-state index is 14.0. The van der Waals surface area contributed by atoms with E-state index >= 15 is 0 Å². The molecule has 2 aliphatic heterocycles. The SMILES string of the molecule is Cc1ccc(F)c(N(C)C2CCN(C(=O)OC(C)(C)C)CC2)n1.Cc1nc(N(C)C2CCNCC2)c(F)cc1[N+](=O)[O-].O=S(=O)(O)O.O=[N+]([O-])O. The highest BCUT2D eigenvalue weighted by Crippen LogP contribution is 2.27. The van der Waals surface area contributed by atoms with Gasteiger partial charge in [-0.1, -0.05) is 0 Å². The molecule has 19 nitrogen and oxygen atoms in total. The first-order chi connectivity index (χ1) is 23.4. The predicted octanol–water partition coefficient (Wildman–Crippen LogP) is 3.99. The average molecular weight is 753 g/mol. The summed E-state index contributed by atoms with van der Waals surface area (Å²) in [5.74, 6) is -0.387. The third-order valence-electron chi connectivity index (χ3n) is 7.47. The van der Waals surface area contributed by atoms with Crippen LogP contribution in [0, 0.1) is 45.7 Å². The van der Waals surface area contributed by atoms with Gasteiger partial charge in [0.2, 0.25) is 0 Å². The quantitative estimate of drug-likeness (QED) is 0.191. The van der Waals surface area contributed by atoms with E-state index in [-0.39, 0.29) is 41.2 Å². The van der Waals surface area contributed by atoms with Crippen molar-refractivity contribution in [1.29, 1.82) is 0 Å². The highest BCUT2D eigenvalue weighted by Gasteiger charge is 2.30. The van der Waals surface area contributed by atoms with Crippen LogP contribution < -0.4 is 15.1 Å². The second-order valence-electron chi connectivity index (χ2n) is 12.5. The van der Waals surface area contributed by atoms with Gasteiger partial charge in [0.1, 0.15) is 11.3 Å². The number of aryl methyl sites for hydroxylation is 2. The minimum Gasteiger partial charge on any atom is -0.444 e. The fraction of sp³-hybridized carbons (Fsp3) is 0.621. The Bertz CT molecular complexity index is 1570. The minimum absolute atomic E-state index is 0.164. The number of nitrogens with one attached hydrogen (secondary N) is 1. The molecule has 0 atom stereocenters. The first-order valence-corrected chi connectivity index (χ1v) is 16.9. The summed E-state index contributed by atoms with van der Waals surface area (Å²) in [6.45, 7) is 12.0. The van der Waals surface area contributed by atoms with Gasteiger partial charge >= 0.3 is 16.5 Å². The normalized spacial score (nSPS) is 15.1. The molecule has 0 radical (unpaired) electrons. The lowest BCUT2D eigenvalue weighted by Gasteiger charge is -2.37. The number of carbonyl (C=O) groups is 1. The van der Waals surface area contributed by atoms with Crippen LogP contribution in [0.2, 0.25) is 0 Å². The van der Waals surface area contributed by atoms with Gasteiger partial charge in [-0.15, -0.1) is 10.1 Å². The van der Waals surface area contributed by atoms with Gasteiger partial charge in [0.15, 0.2) is 23.3 Å². The number of aromatic nitrogens is 2. The van der Waals surface area contributed by atoms with Crippen molar-refractivity contribution >= 4 is 33.8 Å². The molecule has 2 aliphatic rings. The fourth-order valence-electron chi connectivity index (χ4n) is 5.07. The number of piperidine rings is 2. The van der Waals surface area contributed by atoms with Crippen LogP contribution in [0.4, 0.5) is 30.9 Å². The smallest absolute Gasteiger partial charge is 0.410 e. The fourth-order valence-corrected chi connectivity index (χ4v) is 5.07. The Morgan fingerprint density at radius 3 is 1.86 bits per heavy atom. The van der Waals surface area contributed by atoms with Crippen LogP contribution in [0.1, 0.15) is 57.8 Å². The zero-order valence-electron chi connectivity index (χ0n) is 29.4. The van der Waals surface area contributed by atoms with Gasteiger partial charge in [-0.3, -0.25) is 19.2 Å². The predicted molar refractivity (Wildman–Crippen MR) is 181 cm³/mol. The Morgan fingerprint density at radius 2 is 1.41 bits per heavy atom. The highest BCUT2D eigenvalue weighted by atomic mass is 32.3. The molecule has 2 fully saturated rings. The number of anilines is 2. The third-order valence-corrected chi connectivity index (χ3v) is 7.47. The first-order valence-electron chi connectivity index (χ1n) is 15.5. The first kappa shape index (κ1) is 44.5. The topological polar surface area (TPSA) is 255 Å². The molecule has 4 rings (SSSR count). The van der Waals surface area contributed by atoms with E-state index in [1.807, 2.05) is 39.6 Å². The Labute approximate surface area is 294 Å². The van der Waals surface area contributed by atoms with Crippen LogP contribution in [0.3, 0.4) is 0 Å². The maximum absolute atomic E-state index is 14.0. The van der Waals surface area contributed by atoms with Crippen molar-refractivity contribution in [3.05, 3.63) is 61.5 Å². The molecule has 0 unspecified atom stereocenters. The Kier molecular flexibility index (Phi) is 17.2. The molecule has 0 aliphatic carbocycles. The second kappa shape index (κ2) is 19.7. The molecular formula is C29H46F2N8O11S. The number of nitrogens with zero attached hydrogens (tertiary/aromatic N) is 7. The molecule has 4 heterocycles. The molecule has 2 aromatic heterocycles. The summed E-state index contributed by atoms with van der Waals surface area (Å²) >= 11 is 0.